The molecule has 18 heavy (non-hydrogen) atoms. The Labute approximate surface area is 110 Å². The fourth-order valence-electron chi connectivity index (χ4n) is 2.09. The van der Waals surface area contributed by atoms with Crippen molar-refractivity contribution in [3.05, 3.63) is 46.4 Å². The molecule has 0 spiro atoms. The molecule has 2 heterocycles. The monoisotopic (exact) mass is 257 g/mol. The highest BCUT2D eigenvalue weighted by molar-refractivity contribution is 7.10. The Balaban J connectivity index is 1.86. The van der Waals surface area contributed by atoms with Crippen molar-refractivity contribution < 1.29 is 0 Å². The molecule has 2 aromatic heterocycles. The third kappa shape index (κ3) is 2.11. The van der Waals surface area contributed by atoms with E-state index in [-0.39, 0.29) is 0 Å². The zero-order valence-corrected chi connectivity index (χ0v) is 11.2. The second-order valence-corrected chi connectivity index (χ2v) is 5.41. The summed E-state index contributed by atoms with van der Waals surface area (Å²) >= 11 is 1.78. The first-order chi connectivity index (χ1) is 8.72. The minimum Gasteiger partial charge on any atom is -0.378 e. The highest BCUT2D eigenvalue weighted by Crippen LogP contribution is 2.24. The largest absolute Gasteiger partial charge is 0.378 e. The molecule has 0 bridgehead atoms. The van der Waals surface area contributed by atoms with Crippen molar-refractivity contribution in [3.63, 3.8) is 0 Å². The highest BCUT2D eigenvalue weighted by Gasteiger charge is 2.07. The number of benzene rings is 1. The number of aromatic amines is 1. The number of thiophene rings is 1. The van der Waals surface area contributed by atoms with Gasteiger partial charge in [0.05, 0.1) is 17.1 Å². The van der Waals surface area contributed by atoms with Crippen molar-refractivity contribution >= 4 is 28.1 Å². The van der Waals surface area contributed by atoms with E-state index >= 15 is 0 Å². The lowest BCUT2D eigenvalue weighted by atomic mass is 10.2. The Morgan fingerprint density at radius 1 is 1.33 bits per heavy atom. The summed E-state index contributed by atoms with van der Waals surface area (Å²) in [6.07, 6.45) is 0. The van der Waals surface area contributed by atoms with Crippen LogP contribution in [0.5, 0.6) is 0 Å². The molecule has 2 N–H and O–H groups in total. The van der Waals surface area contributed by atoms with Gasteiger partial charge in [-0.1, -0.05) is 6.07 Å². The van der Waals surface area contributed by atoms with E-state index in [0.29, 0.717) is 6.04 Å². The molecule has 0 aliphatic heterocycles. The highest BCUT2D eigenvalue weighted by atomic mass is 32.1. The summed E-state index contributed by atoms with van der Waals surface area (Å²) in [7, 11) is 0. The van der Waals surface area contributed by atoms with E-state index in [1.54, 1.807) is 11.3 Å². The molecule has 4 heteroatoms. The maximum atomic E-state index is 4.40. The lowest BCUT2D eigenvalue weighted by Crippen LogP contribution is -2.04. The Hall–Kier alpha value is -1.81. The van der Waals surface area contributed by atoms with Crippen LogP contribution in [0.15, 0.2) is 35.7 Å². The van der Waals surface area contributed by atoms with Crippen molar-refractivity contribution in [1.29, 1.82) is 0 Å². The molecule has 92 valence electrons. The van der Waals surface area contributed by atoms with Crippen LogP contribution in [0.1, 0.15) is 23.7 Å². The molecular formula is C14H15N3S. The number of hydrogen-bond acceptors (Lipinski definition) is 3. The first-order valence-electron chi connectivity index (χ1n) is 5.99. The molecule has 0 aliphatic rings. The maximum absolute atomic E-state index is 4.40. The number of nitrogens with one attached hydrogen (secondary N) is 2. The SMILES string of the molecule is Cc1nc2ccc(NC(C)c3cccs3)cc2[nH]1. The Bertz CT molecular complexity index is 655. The molecular weight excluding hydrogens is 242 g/mol. The molecule has 3 aromatic rings. The van der Waals surface area contributed by atoms with Gasteiger partial charge in [-0.25, -0.2) is 4.98 Å². The summed E-state index contributed by atoms with van der Waals surface area (Å²) in [6, 6.07) is 10.8. The van der Waals surface area contributed by atoms with Crippen LogP contribution in [0.4, 0.5) is 5.69 Å². The fourth-order valence-corrected chi connectivity index (χ4v) is 2.82. The van der Waals surface area contributed by atoms with Gasteiger partial charge in [-0.2, -0.15) is 0 Å². The van der Waals surface area contributed by atoms with Gasteiger partial charge in [0.15, 0.2) is 0 Å². The predicted molar refractivity (Wildman–Crippen MR) is 77.2 cm³/mol. The second kappa shape index (κ2) is 4.46. The lowest BCUT2D eigenvalue weighted by Gasteiger charge is -2.13. The van der Waals surface area contributed by atoms with Crippen molar-refractivity contribution in [2.45, 2.75) is 19.9 Å². The quantitative estimate of drug-likeness (QED) is 0.741. The molecule has 0 amide bonds. The molecule has 0 radical (unpaired) electrons. The molecule has 3 rings (SSSR count). The van der Waals surface area contributed by atoms with Crippen LogP contribution in [0.25, 0.3) is 11.0 Å². The van der Waals surface area contributed by atoms with E-state index < -0.39 is 0 Å². The van der Waals surface area contributed by atoms with E-state index in [2.05, 4.69) is 51.9 Å². The van der Waals surface area contributed by atoms with Gasteiger partial charge in [0.1, 0.15) is 5.82 Å². The number of imidazole rings is 1. The average molecular weight is 257 g/mol. The molecule has 0 saturated heterocycles. The number of fused-ring (bicyclic) bond motifs is 1. The van der Waals surface area contributed by atoms with Crippen LogP contribution in [0.2, 0.25) is 0 Å². The Kier molecular flexibility index (Phi) is 2.80. The van der Waals surface area contributed by atoms with E-state index in [1.165, 1.54) is 4.88 Å². The van der Waals surface area contributed by atoms with Crippen molar-refractivity contribution in [1.82, 2.24) is 9.97 Å². The van der Waals surface area contributed by atoms with Crippen LogP contribution in [-0.4, -0.2) is 9.97 Å². The summed E-state index contributed by atoms with van der Waals surface area (Å²) in [6.45, 7) is 4.15. The number of rotatable bonds is 3. The number of anilines is 1. The number of H-pyrrole nitrogens is 1. The van der Waals surface area contributed by atoms with Gasteiger partial charge in [-0.15, -0.1) is 11.3 Å². The first-order valence-corrected chi connectivity index (χ1v) is 6.86. The van der Waals surface area contributed by atoms with Gasteiger partial charge in [0, 0.05) is 10.6 Å². The van der Waals surface area contributed by atoms with Gasteiger partial charge < -0.3 is 10.3 Å². The van der Waals surface area contributed by atoms with Gasteiger partial charge >= 0.3 is 0 Å². The van der Waals surface area contributed by atoms with Gasteiger partial charge in [0.2, 0.25) is 0 Å². The van der Waals surface area contributed by atoms with Crippen molar-refractivity contribution in [2.75, 3.05) is 5.32 Å². The van der Waals surface area contributed by atoms with E-state index in [4.69, 9.17) is 0 Å². The van der Waals surface area contributed by atoms with Gasteiger partial charge in [-0.3, -0.25) is 0 Å². The van der Waals surface area contributed by atoms with E-state index in [9.17, 15) is 0 Å². The third-order valence-corrected chi connectivity index (χ3v) is 4.01. The zero-order chi connectivity index (χ0) is 12.5. The minimum atomic E-state index is 0.325. The number of nitrogens with zero attached hydrogens (tertiary/aromatic N) is 1. The third-order valence-electron chi connectivity index (χ3n) is 2.95. The van der Waals surface area contributed by atoms with Crippen LogP contribution in [0.3, 0.4) is 0 Å². The molecule has 0 fully saturated rings. The molecule has 0 saturated carbocycles. The summed E-state index contributed by atoms with van der Waals surface area (Å²) in [5.41, 5.74) is 3.21. The lowest BCUT2D eigenvalue weighted by molar-refractivity contribution is 0.908. The molecule has 3 nitrogen and oxygen atoms in total. The fraction of sp³-hybridized carbons (Fsp3) is 0.214. The number of aryl methyl sites for hydroxylation is 1. The van der Waals surface area contributed by atoms with Crippen molar-refractivity contribution in [3.8, 4) is 0 Å². The summed E-state index contributed by atoms with van der Waals surface area (Å²) < 4.78 is 0. The predicted octanol–water partition coefficient (Wildman–Crippen LogP) is 4.11. The average Bonchev–Trinajstić information content (AvgIpc) is 2.95. The molecule has 1 aromatic carbocycles. The van der Waals surface area contributed by atoms with Crippen LogP contribution in [0, 0.1) is 6.92 Å². The number of hydrogen-bond donors (Lipinski definition) is 2. The summed E-state index contributed by atoms with van der Waals surface area (Å²) in [5, 5.41) is 5.61. The minimum absolute atomic E-state index is 0.325. The van der Waals surface area contributed by atoms with Gasteiger partial charge in [-0.05, 0) is 43.5 Å². The first kappa shape index (κ1) is 11.3. The smallest absolute Gasteiger partial charge is 0.104 e. The standard InChI is InChI=1S/C14H15N3S/c1-9(14-4-3-7-18-14)15-11-5-6-12-13(8-11)17-10(2)16-12/h3-9,15H,1-2H3,(H,16,17). The van der Waals surface area contributed by atoms with Crippen LogP contribution in [-0.2, 0) is 0 Å². The second-order valence-electron chi connectivity index (χ2n) is 4.44. The van der Waals surface area contributed by atoms with E-state index in [0.717, 1.165) is 22.5 Å². The molecule has 1 unspecified atom stereocenters. The van der Waals surface area contributed by atoms with Crippen LogP contribution < -0.4 is 5.32 Å². The summed E-state index contributed by atoms with van der Waals surface area (Å²) in [5.74, 6) is 0.952. The zero-order valence-electron chi connectivity index (χ0n) is 10.4. The number of aromatic nitrogens is 2. The summed E-state index contributed by atoms with van der Waals surface area (Å²) in [4.78, 5) is 9.00. The Morgan fingerprint density at radius 2 is 2.22 bits per heavy atom. The van der Waals surface area contributed by atoms with E-state index in [1.807, 2.05) is 13.0 Å². The Morgan fingerprint density at radius 3 is 3.00 bits per heavy atom. The molecule has 0 aliphatic carbocycles. The maximum Gasteiger partial charge on any atom is 0.104 e. The van der Waals surface area contributed by atoms with Crippen molar-refractivity contribution in [2.24, 2.45) is 0 Å². The van der Waals surface area contributed by atoms with Crippen LogP contribution >= 0.6 is 11.3 Å². The normalized spacial score (nSPS) is 12.8. The molecule has 1 atom stereocenters. The van der Waals surface area contributed by atoms with Gasteiger partial charge in [0.25, 0.3) is 0 Å². The topological polar surface area (TPSA) is 40.7 Å².